The fourth-order valence-corrected chi connectivity index (χ4v) is 20.8. The molecule has 2 heteroatoms. The molecule has 0 radical (unpaired) electrons. The van der Waals surface area contributed by atoms with Crippen molar-refractivity contribution in [2.45, 2.75) is 55.8 Å². The highest BCUT2D eigenvalue weighted by atomic mass is 16.3. The summed E-state index contributed by atoms with van der Waals surface area (Å²) in [5.74, 6) is 0.116. The number of hydrogen-bond acceptors (Lipinski definition) is 2. The number of fused-ring (bicyclic) bond motifs is 31. The largest absolute Gasteiger partial charge is 0.456 e. The van der Waals surface area contributed by atoms with Crippen LogP contribution in [0, 0.1) is 20.8 Å². The molecule has 2 heterocycles. The molecule has 0 fully saturated rings. The van der Waals surface area contributed by atoms with E-state index >= 15 is 0 Å². The van der Waals surface area contributed by atoms with Crippen molar-refractivity contribution >= 4 is 43.9 Å². The second-order valence-electron chi connectivity index (χ2n) is 29.3. The first kappa shape index (κ1) is 56.9. The topological polar surface area (TPSA) is 26.3 Å². The van der Waals surface area contributed by atoms with Crippen LogP contribution in [0.15, 0.2) is 324 Å². The van der Waals surface area contributed by atoms with Crippen molar-refractivity contribution in [3.63, 3.8) is 0 Å². The SMILES string of the molecule is Cc1cc(C)c(C(Cc2ccc3c(c2)C(c2ccccc2)(c2ccccc2)c2cc(-c4ccccc4)c4oc5ccccc5c4c2-3)Cc2ccc3c(c2)C2(c4ccccc4-c4ccccc42)c2cc4c(cc2-3)C2(c3ccccc3-c3ccccc32)c2ccc3oc5ccccc5c3c2-4)c(C)c1. The quantitative estimate of drug-likeness (QED) is 0.152. The molecular weight excluding hydrogens is 1220 g/mol. The predicted molar refractivity (Wildman–Crippen MR) is 414 cm³/mol. The average Bonchev–Trinajstić information content (AvgIpc) is 1.49. The molecule has 2 spiro atoms. The molecule has 22 rings (SSSR count). The summed E-state index contributed by atoms with van der Waals surface area (Å²) in [6.45, 7) is 6.96. The van der Waals surface area contributed by atoms with Crippen LogP contribution in [-0.2, 0) is 29.1 Å². The average molecular weight is 1290 g/mol. The lowest BCUT2D eigenvalue weighted by Crippen LogP contribution is -2.28. The van der Waals surface area contributed by atoms with Crippen LogP contribution in [0.5, 0.6) is 0 Å². The minimum atomic E-state index is -0.674. The first-order valence-electron chi connectivity index (χ1n) is 35.8. The van der Waals surface area contributed by atoms with Gasteiger partial charge in [0.2, 0.25) is 0 Å². The van der Waals surface area contributed by atoms with Crippen molar-refractivity contribution in [1.82, 2.24) is 0 Å². The molecular formula is C99H66O2. The van der Waals surface area contributed by atoms with Crippen molar-refractivity contribution < 1.29 is 8.83 Å². The van der Waals surface area contributed by atoms with Gasteiger partial charge in [-0.05, 0) is 232 Å². The minimum Gasteiger partial charge on any atom is -0.456 e. The molecule has 1 atom stereocenters. The summed E-state index contributed by atoms with van der Waals surface area (Å²) in [6, 6.07) is 120. The Bertz CT molecular complexity index is 6280. The van der Waals surface area contributed by atoms with Crippen LogP contribution in [0.1, 0.15) is 106 Å². The van der Waals surface area contributed by atoms with Gasteiger partial charge < -0.3 is 8.83 Å². The van der Waals surface area contributed by atoms with Gasteiger partial charge in [-0.1, -0.05) is 285 Å². The molecule has 2 nitrogen and oxygen atoms in total. The summed E-state index contributed by atoms with van der Waals surface area (Å²) in [4.78, 5) is 0. The molecule has 0 aliphatic heterocycles. The van der Waals surface area contributed by atoms with Gasteiger partial charge >= 0.3 is 0 Å². The molecule has 1 unspecified atom stereocenters. The van der Waals surface area contributed by atoms with Crippen molar-refractivity contribution in [2.24, 2.45) is 0 Å². The number of benzene rings is 15. The maximum absolute atomic E-state index is 7.08. The molecule has 101 heavy (non-hydrogen) atoms. The first-order valence-corrected chi connectivity index (χ1v) is 35.8. The molecule has 5 aliphatic rings. The summed E-state index contributed by atoms with van der Waals surface area (Å²) in [5, 5.41) is 4.63. The molecule has 0 N–H and O–H groups in total. The Morgan fingerprint density at radius 3 is 1.29 bits per heavy atom. The van der Waals surface area contributed by atoms with E-state index in [0.717, 1.165) is 57.1 Å². The lowest BCUT2D eigenvalue weighted by atomic mass is 9.67. The van der Waals surface area contributed by atoms with Gasteiger partial charge in [0.25, 0.3) is 0 Å². The van der Waals surface area contributed by atoms with E-state index in [0.29, 0.717) is 0 Å². The van der Waals surface area contributed by atoms with E-state index in [4.69, 9.17) is 8.83 Å². The van der Waals surface area contributed by atoms with E-state index in [2.05, 4.69) is 336 Å². The first-order chi connectivity index (χ1) is 49.8. The van der Waals surface area contributed by atoms with Crippen LogP contribution < -0.4 is 0 Å². The van der Waals surface area contributed by atoms with Gasteiger partial charge in [-0.25, -0.2) is 0 Å². The Kier molecular flexibility index (Phi) is 11.7. The number of hydrogen-bond donors (Lipinski definition) is 0. The van der Waals surface area contributed by atoms with Gasteiger partial charge in [0, 0.05) is 27.1 Å². The fraction of sp³-hybridized carbons (Fsp3) is 0.0909. The van der Waals surface area contributed by atoms with E-state index in [1.807, 2.05) is 0 Å². The summed E-state index contributed by atoms with van der Waals surface area (Å²) in [7, 11) is 0. The number of rotatable bonds is 8. The van der Waals surface area contributed by atoms with Crippen LogP contribution in [0.3, 0.4) is 0 Å². The van der Waals surface area contributed by atoms with E-state index in [-0.39, 0.29) is 5.92 Å². The van der Waals surface area contributed by atoms with Crippen molar-refractivity contribution in [1.29, 1.82) is 0 Å². The summed E-state index contributed by atoms with van der Waals surface area (Å²) >= 11 is 0. The van der Waals surface area contributed by atoms with Crippen molar-refractivity contribution in [3.8, 4) is 66.8 Å². The molecule has 474 valence electrons. The molecule has 5 aliphatic carbocycles. The second kappa shape index (κ2) is 20.7. The Hall–Kier alpha value is -12.1. The zero-order chi connectivity index (χ0) is 66.6. The highest BCUT2D eigenvalue weighted by Gasteiger charge is 2.57. The van der Waals surface area contributed by atoms with E-state index < -0.39 is 16.2 Å². The molecule has 0 amide bonds. The fourth-order valence-electron chi connectivity index (χ4n) is 20.8. The maximum Gasteiger partial charge on any atom is 0.143 e. The molecule has 0 saturated heterocycles. The Morgan fingerprint density at radius 1 is 0.277 bits per heavy atom. The molecule has 17 aromatic rings. The smallest absolute Gasteiger partial charge is 0.143 e. The summed E-state index contributed by atoms with van der Waals surface area (Å²) < 4.78 is 13.9. The van der Waals surface area contributed by atoms with E-state index in [9.17, 15) is 0 Å². The second-order valence-corrected chi connectivity index (χ2v) is 29.3. The summed E-state index contributed by atoms with van der Waals surface area (Å²) in [6.07, 6.45) is 1.66. The van der Waals surface area contributed by atoms with Crippen molar-refractivity contribution in [3.05, 3.63) is 416 Å². The molecule has 0 bridgehead atoms. The highest BCUT2D eigenvalue weighted by Crippen LogP contribution is 2.70. The van der Waals surface area contributed by atoms with E-state index in [1.165, 1.54) is 167 Å². The standard InChI is InChI=1S/C99H66O2/c1-58-49-59(2)91(60(3)50-58)64(52-62-44-46-72-84(54-62)97(65-27-9-5-10-28-65,66-29-11-6-12-30-66)87-55-75(63-25-7-4-8-26-63)96-95(92(72)87)74-36-18-24-42-89(74)101-96)51-61-43-45-71-76-56-86-77(57-85(76)99(83(71)53-61)80-39-21-15-33-69(80)70-34-16-22-40-81(70)99)93-82(47-48-90-94(93)73-35-17-23-41-88(73)100-90)98(86)78-37-19-13-31-67(78)68-32-14-20-38-79(68)98/h4-50,53-57,64H,51-52H2,1-3H3. The third-order valence-electron chi connectivity index (χ3n) is 24.3. The summed E-state index contributed by atoms with van der Waals surface area (Å²) in [5.41, 5.74) is 40.6. The lowest BCUT2D eigenvalue weighted by molar-refractivity contribution is 0.666. The third-order valence-corrected chi connectivity index (χ3v) is 24.3. The van der Waals surface area contributed by atoms with Crippen LogP contribution in [0.4, 0.5) is 0 Å². The van der Waals surface area contributed by atoms with Gasteiger partial charge in [-0.15, -0.1) is 0 Å². The number of para-hydroxylation sites is 2. The van der Waals surface area contributed by atoms with Crippen LogP contribution in [0.2, 0.25) is 0 Å². The van der Waals surface area contributed by atoms with Crippen molar-refractivity contribution in [2.75, 3.05) is 0 Å². The monoisotopic (exact) mass is 1290 g/mol. The Labute approximate surface area is 587 Å². The van der Waals surface area contributed by atoms with Gasteiger partial charge in [-0.3, -0.25) is 0 Å². The van der Waals surface area contributed by atoms with E-state index in [1.54, 1.807) is 0 Å². The normalized spacial score (nSPS) is 14.8. The Balaban J connectivity index is 0.765. The minimum absolute atomic E-state index is 0.116. The van der Waals surface area contributed by atoms with Gasteiger partial charge in [-0.2, -0.15) is 0 Å². The van der Waals surface area contributed by atoms with Crippen LogP contribution >= 0.6 is 0 Å². The number of furan rings is 2. The molecule has 2 aromatic heterocycles. The van der Waals surface area contributed by atoms with Crippen LogP contribution in [-0.4, -0.2) is 0 Å². The number of aryl methyl sites for hydroxylation is 3. The zero-order valence-corrected chi connectivity index (χ0v) is 56.3. The maximum atomic E-state index is 7.08. The van der Waals surface area contributed by atoms with Gasteiger partial charge in [0.15, 0.2) is 0 Å². The predicted octanol–water partition coefficient (Wildman–Crippen LogP) is 24.7. The van der Waals surface area contributed by atoms with Crippen LogP contribution in [0.25, 0.3) is 111 Å². The molecule has 15 aromatic carbocycles. The van der Waals surface area contributed by atoms with Gasteiger partial charge in [0.1, 0.15) is 22.3 Å². The zero-order valence-electron chi connectivity index (χ0n) is 56.3. The highest BCUT2D eigenvalue weighted by molar-refractivity contribution is 6.20. The lowest BCUT2D eigenvalue weighted by Gasteiger charge is -2.34. The Morgan fingerprint density at radius 2 is 0.703 bits per heavy atom. The van der Waals surface area contributed by atoms with Gasteiger partial charge in [0.05, 0.1) is 16.2 Å². The third kappa shape index (κ3) is 7.36. The molecule has 0 saturated carbocycles.